The molecule has 0 radical (unpaired) electrons. The van der Waals surface area contributed by atoms with E-state index in [9.17, 15) is 9.90 Å². The Kier molecular flexibility index (Phi) is 7.30. The van der Waals surface area contributed by atoms with Crippen LogP contribution in [0, 0.1) is 0 Å². The third-order valence-corrected chi connectivity index (χ3v) is 3.92. The Morgan fingerprint density at radius 3 is 2.54 bits per heavy atom. The number of hydrogen-bond acceptors (Lipinski definition) is 3. The van der Waals surface area contributed by atoms with Crippen molar-refractivity contribution in [2.24, 2.45) is 0 Å². The summed E-state index contributed by atoms with van der Waals surface area (Å²) in [6.07, 6.45) is 1.99. The minimum atomic E-state index is -0.438. The zero-order valence-electron chi connectivity index (χ0n) is 14.1. The molecule has 2 aromatic rings. The van der Waals surface area contributed by atoms with E-state index in [1.807, 2.05) is 54.6 Å². The molecule has 0 aliphatic rings. The Hall–Kier alpha value is -2.33. The second-order valence-corrected chi connectivity index (χ2v) is 5.68. The average molecular weight is 327 g/mol. The molecule has 128 valence electrons. The molecule has 0 fully saturated rings. The monoisotopic (exact) mass is 327 g/mol. The summed E-state index contributed by atoms with van der Waals surface area (Å²) in [5.74, 6) is 0.0170. The molecule has 2 rings (SSSR count). The van der Waals surface area contributed by atoms with Crippen molar-refractivity contribution in [2.45, 2.75) is 32.1 Å². The van der Waals surface area contributed by atoms with E-state index in [0.29, 0.717) is 13.0 Å². The number of nitrogens with one attached hydrogen (secondary N) is 1. The van der Waals surface area contributed by atoms with Gasteiger partial charge in [0, 0.05) is 18.2 Å². The first-order valence-corrected chi connectivity index (χ1v) is 8.44. The van der Waals surface area contributed by atoms with Crippen LogP contribution in [0.15, 0.2) is 54.6 Å². The summed E-state index contributed by atoms with van der Waals surface area (Å²) in [4.78, 5) is 12.0. The van der Waals surface area contributed by atoms with Crippen molar-refractivity contribution in [1.82, 2.24) is 0 Å². The van der Waals surface area contributed by atoms with Gasteiger partial charge >= 0.3 is 6.09 Å². The number of amides is 1. The Labute approximate surface area is 143 Å². The summed E-state index contributed by atoms with van der Waals surface area (Å²) >= 11 is 0. The summed E-state index contributed by atoms with van der Waals surface area (Å²) in [6, 6.07) is 17.7. The Balaban J connectivity index is 2.20. The second kappa shape index (κ2) is 9.73. The van der Waals surface area contributed by atoms with Gasteiger partial charge in [-0.15, -0.1) is 0 Å². The highest BCUT2D eigenvalue weighted by Crippen LogP contribution is 2.32. The number of para-hydroxylation sites is 1. The summed E-state index contributed by atoms with van der Waals surface area (Å²) < 4.78 is 5.19. The van der Waals surface area contributed by atoms with E-state index >= 15 is 0 Å². The van der Waals surface area contributed by atoms with Gasteiger partial charge in [-0.2, -0.15) is 0 Å². The van der Waals surface area contributed by atoms with Crippen LogP contribution in [0.25, 0.3) is 0 Å². The van der Waals surface area contributed by atoms with Crippen molar-refractivity contribution in [3.05, 3.63) is 65.7 Å². The number of aliphatic hydroxyl groups excluding tert-OH is 1. The quantitative estimate of drug-likeness (QED) is 0.699. The number of hydrogen-bond donors (Lipinski definition) is 2. The van der Waals surface area contributed by atoms with Gasteiger partial charge in [0.25, 0.3) is 0 Å². The molecule has 24 heavy (non-hydrogen) atoms. The molecule has 0 aromatic heterocycles. The lowest BCUT2D eigenvalue weighted by Crippen LogP contribution is -2.17. The third kappa shape index (κ3) is 5.10. The van der Waals surface area contributed by atoms with Gasteiger partial charge in [-0.3, -0.25) is 5.32 Å². The van der Waals surface area contributed by atoms with Crippen LogP contribution in [-0.2, 0) is 4.74 Å². The van der Waals surface area contributed by atoms with Crippen LogP contribution in [-0.4, -0.2) is 24.4 Å². The van der Waals surface area contributed by atoms with Gasteiger partial charge in [0.05, 0.1) is 6.61 Å². The van der Waals surface area contributed by atoms with E-state index < -0.39 is 6.09 Å². The topological polar surface area (TPSA) is 58.6 Å². The maximum absolute atomic E-state index is 12.0. The zero-order chi connectivity index (χ0) is 17.2. The molecule has 0 spiro atoms. The van der Waals surface area contributed by atoms with Crippen LogP contribution in [0.4, 0.5) is 10.5 Å². The van der Waals surface area contributed by atoms with Crippen LogP contribution < -0.4 is 5.32 Å². The maximum atomic E-state index is 12.0. The van der Waals surface area contributed by atoms with Crippen molar-refractivity contribution in [3.63, 3.8) is 0 Å². The first kappa shape index (κ1) is 18.0. The molecular weight excluding hydrogens is 302 g/mol. The van der Waals surface area contributed by atoms with E-state index in [0.717, 1.165) is 29.7 Å². The minimum absolute atomic E-state index is 0.0170. The summed E-state index contributed by atoms with van der Waals surface area (Å²) in [5.41, 5.74) is 2.81. The van der Waals surface area contributed by atoms with Crippen molar-refractivity contribution >= 4 is 11.8 Å². The molecular formula is C20H25NO3. The number of carbonyl (C=O) groups excluding carboxylic acids is 1. The molecule has 0 bridgehead atoms. The first-order chi connectivity index (χ1) is 11.8. The molecule has 4 nitrogen and oxygen atoms in total. The Bertz CT molecular complexity index is 628. The lowest BCUT2D eigenvalue weighted by molar-refractivity contribution is 0.160. The van der Waals surface area contributed by atoms with Gasteiger partial charge in [-0.1, -0.05) is 61.9 Å². The lowest BCUT2D eigenvalue weighted by atomic mass is 9.87. The van der Waals surface area contributed by atoms with Gasteiger partial charge in [0.15, 0.2) is 0 Å². The molecule has 0 saturated heterocycles. The molecule has 0 aliphatic carbocycles. The number of rotatable bonds is 8. The summed E-state index contributed by atoms with van der Waals surface area (Å²) in [5, 5.41) is 12.3. The number of carbonyl (C=O) groups is 1. The molecule has 0 heterocycles. The standard InChI is InChI=1S/C20H25NO3/c1-2-3-15-24-20(23)21-19-12-8-7-11-18(19)17(13-14-22)16-9-5-4-6-10-16/h4-12,17,22H,2-3,13-15H2,1H3,(H,21,23). The highest BCUT2D eigenvalue weighted by atomic mass is 16.5. The molecule has 1 unspecified atom stereocenters. The Morgan fingerprint density at radius 2 is 1.83 bits per heavy atom. The van der Waals surface area contributed by atoms with Crippen LogP contribution in [0.1, 0.15) is 43.2 Å². The van der Waals surface area contributed by atoms with Crippen molar-refractivity contribution in [1.29, 1.82) is 0 Å². The SMILES string of the molecule is CCCCOC(=O)Nc1ccccc1C(CCO)c1ccccc1. The van der Waals surface area contributed by atoms with Crippen LogP contribution >= 0.6 is 0 Å². The number of aliphatic hydroxyl groups is 1. The molecule has 4 heteroatoms. The van der Waals surface area contributed by atoms with Crippen LogP contribution in [0.3, 0.4) is 0 Å². The van der Waals surface area contributed by atoms with Crippen molar-refractivity contribution in [2.75, 3.05) is 18.5 Å². The largest absolute Gasteiger partial charge is 0.449 e. The lowest BCUT2D eigenvalue weighted by Gasteiger charge is -2.20. The normalized spacial score (nSPS) is 11.8. The maximum Gasteiger partial charge on any atom is 0.411 e. The van der Waals surface area contributed by atoms with E-state index in [-0.39, 0.29) is 12.5 Å². The first-order valence-electron chi connectivity index (χ1n) is 8.44. The van der Waals surface area contributed by atoms with E-state index in [2.05, 4.69) is 12.2 Å². The van der Waals surface area contributed by atoms with Crippen LogP contribution in [0.5, 0.6) is 0 Å². The molecule has 0 aliphatic heterocycles. The Morgan fingerprint density at radius 1 is 1.12 bits per heavy atom. The highest BCUT2D eigenvalue weighted by molar-refractivity contribution is 5.86. The fourth-order valence-corrected chi connectivity index (χ4v) is 2.69. The van der Waals surface area contributed by atoms with E-state index in [1.165, 1.54) is 0 Å². The van der Waals surface area contributed by atoms with E-state index in [1.54, 1.807) is 0 Å². The molecule has 2 N–H and O–H groups in total. The molecule has 2 aromatic carbocycles. The van der Waals surface area contributed by atoms with Crippen molar-refractivity contribution < 1.29 is 14.6 Å². The number of benzene rings is 2. The zero-order valence-corrected chi connectivity index (χ0v) is 14.1. The van der Waals surface area contributed by atoms with Gasteiger partial charge in [0.1, 0.15) is 0 Å². The number of unbranched alkanes of at least 4 members (excludes halogenated alkanes) is 1. The fraction of sp³-hybridized carbons (Fsp3) is 0.350. The minimum Gasteiger partial charge on any atom is -0.449 e. The van der Waals surface area contributed by atoms with Gasteiger partial charge < -0.3 is 9.84 Å². The number of anilines is 1. The molecule has 1 atom stereocenters. The highest BCUT2D eigenvalue weighted by Gasteiger charge is 2.18. The average Bonchev–Trinajstić information content (AvgIpc) is 2.61. The third-order valence-electron chi connectivity index (χ3n) is 3.92. The predicted molar refractivity (Wildman–Crippen MR) is 96.3 cm³/mol. The smallest absolute Gasteiger partial charge is 0.411 e. The fourth-order valence-electron chi connectivity index (χ4n) is 2.69. The summed E-state index contributed by atoms with van der Waals surface area (Å²) in [6.45, 7) is 2.55. The van der Waals surface area contributed by atoms with E-state index in [4.69, 9.17) is 4.74 Å². The second-order valence-electron chi connectivity index (χ2n) is 5.68. The van der Waals surface area contributed by atoms with Crippen molar-refractivity contribution in [3.8, 4) is 0 Å². The van der Waals surface area contributed by atoms with Crippen LogP contribution in [0.2, 0.25) is 0 Å². The molecule has 1 amide bonds. The number of ether oxygens (including phenoxy) is 1. The predicted octanol–water partition coefficient (Wildman–Crippen LogP) is 4.55. The molecule has 0 saturated carbocycles. The van der Waals surface area contributed by atoms with Gasteiger partial charge in [0.2, 0.25) is 0 Å². The van der Waals surface area contributed by atoms with Gasteiger partial charge in [-0.05, 0) is 30.0 Å². The van der Waals surface area contributed by atoms with Gasteiger partial charge in [-0.25, -0.2) is 4.79 Å². The summed E-state index contributed by atoms with van der Waals surface area (Å²) in [7, 11) is 0.